The van der Waals surface area contributed by atoms with Crippen molar-refractivity contribution >= 4 is 50.7 Å². The van der Waals surface area contributed by atoms with Crippen LogP contribution in [0, 0.1) is 0 Å². The van der Waals surface area contributed by atoms with Gasteiger partial charge in [-0.15, -0.1) is 11.8 Å². The Hall–Kier alpha value is -2.10. The van der Waals surface area contributed by atoms with Crippen molar-refractivity contribution in [2.75, 3.05) is 42.9 Å². The highest BCUT2D eigenvalue weighted by molar-refractivity contribution is 7.98. The lowest BCUT2D eigenvalue weighted by molar-refractivity contribution is -0.114. The van der Waals surface area contributed by atoms with Crippen LogP contribution in [0.2, 0.25) is 5.02 Å². The van der Waals surface area contributed by atoms with E-state index in [9.17, 15) is 13.2 Å². The molecule has 0 unspecified atom stereocenters. The zero-order valence-electron chi connectivity index (χ0n) is 15.9. The molecule has 10 heteroatoms. The molecule has 0 saturated carbocycles. The third kappa shape index (κ3) is 5.24. The van der Waals surface area contributed by atoms with E-state index in [4.69, 9.17) is 21.1 Å². The number of sulfonamides is 1. The molecule has 0 atom stereocenters. The minimum absolute atomic E-state index is 0.152. The Balaban J connectivity index is 2.39. The van der Waals surface area contributed by atoms with Crippen molar-refractivity contribution < 1.29 is 22.7 Å². The SMILES string of the molecule is COc1cc(N(CC(=O)Nc2ccccc2SC)S(C)(=O)=O)c(OC)cc1Cl. The standard InChI is InChI=1S/C18H21ClN2O5S2/c1-25-15-10-14(16(26-2)9-12(15)19)21(28(4,23)24)11-18(22)20-13-7-5-6-8-17(13)27-3/h5-10H,11H2,1-4H3,(H,20,22). The highest BCUT2D eigenvalue weighted by Crippen LogP contribution is 2.39. The summed E-state index contributed by atoms with van der Waals surface area (Å²) in [5, 5.41) is 3.01. The summed E-state index contributed by atoms with van der Waals surface area (Å²) in [6.45, 7) is -0.442. The smallest absolute Gasteiger partial charge is 0.245 e. The average Bonchev–Trinajstić information content (AvgIpc) is 2.65. The van der Waals surface area contributed by atoms with E-state index >= 15 is 0 Å². The van der Waals surface area contributed by atoms with Crippen molar-refractivity contribution in [1.29, 1.82) is 0 Å². The number of ether oxygens (including phenoxy) is 2. The topological polar surface area (TPSA) is 84.9 Å². The first-order chi connectivity index (χ1) is 13.2. The summed E-state index contributed by atoms with van der Waals surface area (Å²) in [5.74, 6) is -0.0318. The quantitative estimate of drug-likeness (QED) is 0.627. The molecule has 0 spiro atoms. The molecule has 0 radical (unpaired) electrons. The van der Waals surface area contributed by atoms with Gasteiger partial charge in [0, 0.05) is 17.0 Å². The van der Waals surface area contributed by atoms with Gasteiger partial charge in [0.15, 0.2) is 0 Å². The Bertz CT molecular complexity index is 966. The summed E-state index contributed by atoms with van der Waals surface area (Å²) in [4.78, 5) is 13.5. The number of nitrogens with zero attached hydrogens (tertiary/aromatic N) is 1. The summed E-state index contributed by atoms with van der Waals surface area (Å²) in [5.41, 5.74) is 0.758. The van der Waals surface area contributed by atoms with Gasteiger partial charge in [-0.25, -0.2) is 8.42 Å². The number of hydrogen-bond donors (Lipinski definition) is 1. The molecule has 2 aromatic rings. The second kappa shape index (κ2) is 9.40. The van der Waals surface area contributed by atoms with Gasteiger partial charge in [0.2, 0.25) is 15.9 Å². The fourth-order valence-corrected chi connectivity index (χ4v) is 4.12. The van der Waals surface area contributed by atoms with E-state index < -0.39 is 22.5 Å². The average molecular weight is 445 g/mol. The first-order valence-corrected chi connectivity index (χ1v) is 11.5. The predicted molar refractivity (Wildman–Crippen MR) is 114 cm³/mol. The van der Waals surface area contributed by atoms with Gasteiger partial charge < -0.3 is 14.8 Å². The number of amides is 1. The van der Waals surface area contributed by atoms with Crippen LogP contribution in [0.4, 0.5) is 11.4 Å². The van der Waals surface area contributed by atoms with Crippen LogP contribution in [-0.4, -0.2) is 47.6 Å². The molecule has 0 fully saturated rings. The van der Waals surface area contributed by atoms with Crippen LogP contribution in [0.5, 0.6) is 11.5 Å². The van der Waals surface area contributed by atoms with Crippen LogP contribution >= 0.6 is 23.4 Å². The molecule has 1 N–H and O–H groups in total. The van der Waals surface area contributed by atoms with Crippen molar-refractivity contribution in [3.63, 3.8) is 0 Å². The zero-order valence-corrected chi connectivity index (χ0v) is 18.2. The van der Waals surface area contributed by atoms with Gasteiger partial charge in [0.05, 0.1) is 36.9 Å². The summed E-state index contributed by atoms with van der Waals surface area (Å²) in [6, 6.07) is 10.1. The molecule has 0 aromatic heterocycles. The molecule has 152 valence electrons. The summed E-state index contributed by atoms with van der Waals surface area (Å²) < 4.78 is 36.2. The van der Waals surface area contributed by atoms with Gasteiger partial charge in [-0.3, -0.25) is 9.10 Å². The Morgan fingerprint density at radius 2 is 1.82 bits per heavy atom. The van der Waals surface area contributed by atoms with Crippen molar-refractivity contribution in [1.82, 2.24) is 0 Å². The number of nitrogens with one attached hydrogen (secondary N) is 1. The Morgan fingerprint density at radius 3 is 2.39 bits per heavy atom. The van der Waals surface area contributed by atoms with Gasteiger partial charge in [0.25, 0.3) is 0 Å². The summed E-state index contributed by atoms with van der Waals surface area (Å²) in [7, 11) is -1.01. The van der Waals surface area contributed by atoms with E-state index in [0.717, 1.165) is 15.5 Å². The van der Waals surface area contributed by atoms with Crippen molar-refractivity contribution in [2.24, 2.45) is 0 Å². The lowest BCUT2D eigenvalue weighted by Crippen LogP contribution is -2.37. The number of carbonyl (C=O) groups excluding carboxylic acids is 1. The highest BCUT2D eigenvalue weighted by Gasteiger charge is 2.26. The molecular formula is C18H21ClN2O5S2. The highest BCUT2D eigenvalue weighted by atomic mass is 35.5. The molecule has 7 nitrogen and oxygen atoms in total. The number of hydrogen-bond acceptors (Lipinski definition) is 6. The van der Waals surface area contributed by atoms with Gasteiger partial charge >= 0.3 is 0 Å². The molecule has 2 aromatic carbocycles. The van der Waals surface area contributed by atoms with Crippen LogP contribution < -0.4 is 19.1 Å². The van der Waals surface area contributed by atoms with E-state index in [1.165, 1.54) is 38.1 Å². The van der Waals surface area contributed by atoms with Crippen LogP contribution in [0.1, 0.15) is 0 Å². The minimum Gasteiger partial charge on any atom is -0.495 e. The number of rotatable bonds is 8. The number of para-hydroxylation sites is 1. The molecule has 0 aliphatic carbocycles. The number of methoxy groups -OCH3 is 2. The summed E-state index contributed by atoms with van der Waals surface area (Å²) >= 11 is 7.56. The van der Waals surface area contributed by atoms with Crippen LogP contribution in [0.3, 0.4) is 0 Å². The van der Waals surface area contributed by atoms with E-state index in [1.807, 2.05) is 18.4 Å². The largest absolute Gasteiger partial charge is 0.495 e. The lowest BCUT2D eigenvalue weighted by atomic mass is 10.2. The number of thioether (sulfide) groups is 1. The molecule has 0 aliphatic rings. The number of benzene rings is 2. The fraction of sp³-hybridized carbons (Fsp3) is 0.278. The van der Waals surface area contributed by atoms with Crippen LogP contribution in [0.15, 0.2) is 41.3 Å². The molecular weight excluding hydrogens is 424 g/mol. The molecule has 0 heterocycles. The first kappa shape index (κ1) is 22.2. The molecule has 2 rings (SSSR count). The second-order valence-corrected chi connectivity index (χ2v) is 8.84. The van der Waals surface area contributed by atoms with E-state index in [1.54, 1.807) is 12.1 Å². The van der Waals surface area contributed by atoms with Crippen LogP contribution in [-0.2, 0) is 14.8 Å². The van der Waals surface area contributed by atoms with Gasteiger partial charge in [0.1, 0.15) is 18.0 Å². The number of carbonyl (C=O) groups is 1. The minimum atomic E-state index is -3.80. The zero-order chi connectivity index (χ0) is 20.9. The number of anilines is 2. The van der Waals surface area contributed by atoms with Crippen molar-refractivity contribution in [3.8, 4) is 11.5 Å². The van der Waals surface area contributed by atoms with E-state index in [2.05, 4.69) is 5.32 Å². The molecule has 1 amide bonds. The van der Waals surface area contributed by atoms with Gasteiger partial charge in [-0.05, 0) is 18.4 Å². The number of halogens is 1. The molecule has 0 bridgehead atoms. The fourth-order valence-electron chi connectivity index (χ4n) is 2.49. The maximum absolute atomic E-state index is 12.6. The first-order valence-electron chi connectivity index (χ1n) is 8.03. The summed E-state index contributed by atoms with van der Waals surface area (Å²) in [6.07, 6.45) is 2.90. The monoisotopic (exact) mass is 444 g/mol. The van der Waals surface area contributed by atoms with Crippen molar-refractivity contribution in [3.05, 3.63) is 41.4 Å². The maximum Gasteiger partial charge on any atom is 0.245 e. The third-order valence-electron chi connectivity index (χ3n) is 3.79. The van der Waals surface area contributed by atoms with Gasteiger partial charge in [-0.2, -0.15) is 0 Å². The van der Waals surface area contributed by atoms with E-state index in [-0.39, 0.29) is 22.2 Å². The van der Waals surface area contributed by atoms with Gasteiger partial charge in [-0.1, -0.05) is 23.7 Å². The van der Waals surface area contributed by atoms with Crippen molar-refractivity contribution in [2.45, 2.75) is 4.90 Å². The third-order valence-corrected chi connectivity index (χ3v) is 6.01. The maximum atomic E-state index is 12.6. The second-order valence-electron chi connectivity index (χ2n) is 5.68. The molecule has 28 heavy (non-hydrogen) atoms. The molecule has 0 saturated heterocycles. The Kier molecular flexibility index (Phi) is 7.45. The lowest BCUT2D eigenvalue weighted by Gasteiger charge is -2.24. The normalized spacial score (nSPS) is 11.0. The van der Waals surface area contributed by atoms with Crippen LogP contribution in [0.25, 0.3) is 0 Å². The Morgan fingerprint density at radius 1 is 1.18 bits per heavy atom. The van der Waals surface area contributed by atoms with E-state index in [0.29, 0.717) is 5.69 Å². The predicted octanol–water partition coefficient (Wildman–Crippen LogP) is 3.48. The Labute approximate surface area is 174 Å². The molecule has 0 aliphatic heterocycles.